The van der Waals surface area contributed by atoms with Crippen LogP contribution < -0.4 is 5.32 Å². The van der Waals surface area contributed by atoms with Crippen LogP contribution >= 0.6 is 0 Å². The van der Waals surface area contributed by atoms with Gasteiger partial charge in [0.2, 0.25) is 0 Å². The van der Waals surface area contributed by atoms with Gasteiger partial charge in [0.1, 0.15) is 0 Å². The Labute approximate surface area is 119 Å². The molecule has 0 radical (unpaired) electrons. The van der Waals surface area contributed by atoms with Crippen molar-refractivity contribution < 1.29 is 0 Å². The lowest BCUT2D eigenvalue weighted by atomic mass is 10.1. The van der Waals surface area contributed by atoms with Crippen molar-refractivity contribution in [3.8, 4) is 0 Å². The summed E-state index contributed by atoms with van der Waals surface area (Å²) in [6, 6.07) is 12.9. The molecule has 0 aliphatic rings. The van der Waals surface area contributed by atoms with Crippen LogP contribution in [-0.2, 0) is 13.6 Å². The lowest BCUT2D eigenvalue weighted by molar-refractivity contribution is 0.575. The van der Waals surface area contributed by atoms with Gasteiger partial charge in [0.15, 0.2) is 0 Å². The molecule has 0 amide bonds. The molecule has 3 heteroatoms. The van der Waals surface area contributed by atoms with Crippen molar-refractivity contribution in [2.45, 2.75) is 19.5 Å². The van der Waals surface area contributed by atoms with E-state index in [0.29, 0.717) is 6.04 Å². The SMILES string of the molecule is CC(NCc1cn(C)c2ccccc12)c1ccncc1. The third kappa shape index (κ3) is 2.45. The summed E-state index contributed by atoms with van der Waals surface area (Å²) in [5.41, 5.74) is 3.88. The lowest BCUT2D eigenvalue weighted by Crippen LogP contribution is -2.17. The summed E-state index contributed by atoms with van der Waals surface area (Å²) in [6.07, 6.45) is 5.88. The first-order chi connectivity index (χ1) is 9.75. The van der Waals surface area contributed by atoms with Gasteiger partial charge in [-0.2, -0.15) is 0 Å². The minimum atomic E-state index is 0.317. The van der Waals surface area contributed by atoms with Crippen molar-refractivity contribution in [2.75, 3.05) is 0 Å². The van der Waals surface area contributed by atoms with Crippen molar-refractivity contribution in [2.24, 2.45) is 7.05 Å². The van der Waals surface area contributed by atoms with Crippen LogP contribution in [0, 0.1) is 0 Å². The second-order valence-corrected chi connectivity index (χ2v) is 5.17. The average molecular weight is 265 g/mol. The average Bonchev–Trinajstić information content (AvgIpc) is 2.83. The zero-order valence-electron chi connectivity index (χ0n) is 11.9. The molecule has 0 bridgehead atoms. The summed E-state index contributed by atoms with van der Waals surface area (Å²) in [4.78, 5) is 4.06. The highest BCUT2D eigenvalue weighted by molar-refractivity contribution is 5.83. The zero-order chi connectivity index (χ0) is 13.9. The highest BCUT2D eigenvalue weighted by Crippen LogP contribution is 2.21. The normalized spacial score (nSPS) is 12.7. The van der Waals surface area contributed by atoms with Gasteiger partial charge in [-0.15, -0.1) is 0 Å². The van der Waals surface area contributed by atoms with Crippen LogP contribution in [0.3, 0.4) is 0 Å². The second kappa shape index (κ2) is 5.47. The number of nitrogens with zero attached hydrogens (tertiary/aromatic N) is 2. The predicted octanol–water partition coefficient (Wildman–Crippen LogP) is 3.42. The van der Waals surface area contributed by atoms with E-state index in [1.54, 1.807) is 0 Å². The Morgan fingerprint density at radius 3 is 2.70 bits per heavy atom. The number of hydrogen-bond acceptors (Lipinski definition) is 2. The molecule has 1 atom stereocenters. The molecular weight excluding hydrogens is 246 g/mol. The number of aromatic nitrogens is 2. The maximum Gasteiger partial charge on any atom is 0.0481 e. The fourth-order valence-corrected chi connectivity index (χ4v) is 2.60. The molecule has 0 saturated carbocycles. The highest BCUT2D eigenvalue weighted by Gasteiger charge is 2.08. The van der Waals surface area contributed by atoms with E-state index in [2.05, 4.69) is 71.4 Å². The van der Waals surface area contributed by atoms with Gasteiger partial charge in [0.25, 0.3) is 0 Å². The molecule has 2 heterocycles. The molecule has 0 spiro atoms. The Morgan fingerprint density at radius 2 is 1.90 bits per heavy atom. The molecule has 3 aromatic rings. The summed E-state index contributed by atoms with van der Waals surface area (Å²) >= 11 is 0. The van der Waals surface area contributed by atoms with E-state index in [1.807, 2.05) is 12.4 Å². The molecule has 1 N–H and O–H groups in total. The summed E-state index contributed by atoms with van der Waals surface area (Å²) < 4.78 is 2.18. The first kappa shape index (κ1) is 12.9. The van der Waals surface area contributed by atoms with E-state index in [9.17, 15) is 0 Å². The van der Waals surface area contributed by atoms with Crippen LogP contribution in [0.5, 0.6) is 0 Å². The number of nitrogens with one attached hydrogen (secondary N) is 1. The summed E-state index contributed by atoms with van der Waals surface area (Å²) in [7, 11) is 2.10. The fourth-order valence-electron chi connectivity index (χ4n) is 2.60. The van der Waals surface area contributed by atoms with Crippen molar-refractivity contribution in [3.63, 3.8) is 0 Å². The number of para-hydroxylation sites is 1. The maximum absolute atomic E-state index is 4.06. The van der Waals surface area contributed by atoms with Gasteiger partial charge in [0, 0.05) is 49.1 Å². The molecule has 20 heavy (non-hydrogen) atoms. The van der Waals surface area contributed by atoms with Crippen LogP contribution in [-0.4, -0.2) is 9.55 Å². The van der Waals surface area contributed by atoms with E-state index >= 15 is 0 Å². The molecule has 1 aromatic carbocycles. The Hall–Kier alpha value is -2.13. The summed E-state index contributed by atoms with van der Waals surface area (Å²) in [5, 5.41) is 4.90. The van der Waals surface area contributed by atoms with Gasteiger partial charge < -0.3 is 9.88 Å². The molecule has 0 fully saturated rings. The Morgan fingerprint density at radius 1 is 1.15 bits per heavy atom. The monoisotopic (exact) mass is 265 g/mol. The van der Waals surface area contributed by atoms with Gasteiger partial charge in [-0.25, -0.2) is 0 Å². The van der Waals surface area contributed by atoms with Crippen LogP contribution in [0.4, 0.5) is 0 Å². The maximum atomic E-state index is 4.06. The van der Waals surface area contributed by atoms with Gasteiger partial charge in [-0.05, 0) is 36.2 Å². The Kier molecular flexibility index (Phi) is 3.52. The van der Waals surface area contributed by atoms with E-state index in [0.717, 1.165) is 6.54 Å². The van der Waals surface area contributed by atoms with Gasteiger partial charge in [-0.1, -0.05) is 18.2 Å². The molecule has 3 rings (SSSR count). The number of rotatable bonds is 4. The van der Waals surface area contributed by atoms with Crippen molar-refractivity contribution in [3.05, 3.63) is 66.1 Å². The van der Waals surface area contributed by atoms with E-state index in [4.69, 9.17) is 0 Å². The number of pyridine rings is 1. The third-order valence-electron chi connectivity index (χ3n) is 3.78. The fraction of sp³-hybridized carbons (Fsp3) is 0.235. The number of aryl methyl sites for hydroxylation is 1. The van der Waals surface area contributed by atoms with Crippen molar-refractivity contribution in [1.29, 1.82) is 0 Å². The quantitative estimate of drug-likeness (QED) is 0.783. The lowest BCUT2D eigenvalue weighted by Gasteiger charge is -2.13. The molecule has 3 nitrogen and oxygen atoms in total. The van der Waals surface area contributed by atoms with Gasteiger partial charge in [0.05, 0.1) is 0 Å². The third-order valence-corrected chi connectivity index (χ3v) is 3.78. The topological polar surface area (TPSA) is 29.9 Å². The van der Waals surface area contributed by atoms with Crippen molar-refractivity contribution in [1.82, 2.24) is 14.9 Å². The van der Waals surface area contributed by atoms with E-state index < -0.39 is 0 Å². The first-order valence-corrected chi connectivity index (χ1v) is 6.92. The molecule has 1 unspecified atom stereocenters. The highest BCUT2D eigenvalue weighted by atomic mass is 14.9. The smallest absolute Gasteiger partial charge is 0.0481 e. The molecular formula is C17H19N3. The largest absolute Gasteiger partial charge is 0.350 e. The second-order valence-electron chi connectivity index (χ2n) is 5.17. The van der Waals surface area contributed by atoms with E-state index in [1.165, 1.54) is 22.0 Å². The number of benzene rings is 1. The minimum Gasteiger partial charge on any atom is -0.350 e. The number of hydrogen-bond donors (Lipinski definition) is 1. The molecule has 102 valence electrons. The van der Waals surface area contributed by atoms with E-state index in [-0.39, 0.29) is 0 Å². The van der Waals surface area contributed by atoms with Gasteiger partial charge in [-0.3, -0.25) is 4.98 Å². The molecule has 0 aliphatic carbocycles. The summed E-state index contributed by atoms with van der Waals surface area (Å²) in [6.45, 7) is 3.05. The molecule has 0 saturated heterocycles. The van der Waals surface area contributed by atoms with Crippen LogP contribution in [0.1, 0.15) is 24.1 Å². The zero-order valence-corrected chi connectivity index (χ0v) is 11.9. The summed E-state index contributed by atoms with van der Waals surface area (Å²) in [5.74, 6) is 0. The van der Waals surface area contributed by atoms with Crippen molar-refractivity contribution >= 4 is 10.9 Å². The minimum absolute atomic E-state index is 0.317. The van der Waals surface area contributed by atoms with Gasteiger partial charge >= 0.3 is 0 Å². The van der Waals surface area contributed by atoms with Crippen LogP contribution in [0.25, 0.3) is 10.9 Å². The Balaban J connectivity index is 1.77. The van der Waals surface area contributed by atoms with Crippen LogP contribution in [0.2, 0.25) is 0 Å². The Bertz CT molecular complexity index is 701. The molecule has 2 aromatic heterocycles. The molecule has 0 aliphatic heterocycles. The first-order valence-electron chi connectivity index (χ1n) is 6.92. The standard InChI is InChI=1S/C17H19N3/c1-13(14-7-9-18-10-8-14)19-11-15-12-20(2)17-6-4-3-5-16(15)17/h3-10,12-13,19H,11H2,1-2H3. The predicted molar refractivity (Wildman–Crippen MR) is 82.4 cm³/mol. The van der Waals surface area contributed by atoms with Crippen LogP contribution in [0.15, 0.2) is 55.0 Å². The number of fused-ring (bicyclic) bond motifs is 1.